The van der Waals surface area contributed by atoms with E-state index in [1.807, 2.05) is 43.3 Å². The Labute approximate surface area is 204 Å². The minimum absolute atomic E-state index is 0.00670. The fraction of sp³-hybridized carbons (Fsp3) is 0.444. The van der Waals surface area contributed by atoms with E-state index in [0.29, 0.717) is 19.6 Å². The summed E-state index contributed by atoms with van der Waals surface area (Å²) in [4.78, 5) is 39.8. The molecule has 1 aliphatic carbocycles. The number of carbonyl (C=O) groups excluding carboxylic acids is 2. The Bertz CT molecular complexity index is 1100. The van der Waals surface area contributed by atoms with Gasteiger partial charge >= 0.3 is 12.1 Å². The summed E-state index contributed by atoms with van der Waals surface area (Å²) >= 11 is 0. The van der Waals surface area contributed by atoms with Crippen LogP contribution in [0.2, 0.25) is 0 Å². The third-order valence-corrected chi connectivity index (χ3v) is 7.48. The fourth-order valence-corrected chi connectivity index (χ4v) is 5.62. The number of benzene rings is 2. The van der Waals surface area contributed by atoms with Gasteiger partial charge in [0, 0.05) is 25.5 Å². The lowest BCUT2D eigenvalue weighted by molar-refractivity contribution is -0.156. The summed E-state index contributed by atoms with van der Waals surface area (Å²) in [5.41, 5.74) is 3.14. The lowest BCUT2D eigenvalue weighted by Crippen LogP contribution is -2.64. The van der Waals surface area contributed by atoms with E-state index in [-0.39, 0.29) is 31.5 Å². The topological polar surface area (TPSA) is 105 Å². The normalized spacial score (nSPS) is 25.6. The van der Waals surface area contributed by atoms with E-state index in [1.165, 1.54) is 4.90 Å². The van der Waals surface area contributed by atoms with Crippen LogP contribution in [0.3, 0.4) is 0 Å². The number of amides is 2. The van der Waals surface area contributed by atoms with E-state index in [4.69, 9.17) is 9.47 Å². The molecular formula is C27H30N2O6. The number of ether oxygens (including phenoxy) is 2. The number of hydrogen-bond acceptors (Lipinski definition) is 5. The summed E-state index contributed by atoms with van der Waals surface area (Å²) in [5.74, 6) is -1.36. The maximum Gasteiger partial charge on any atom is 0.408 e. The average Bonchev–Trinajstić information content (AvgIpc) is 3.45. The number of alkyl carbamates (subject to hydrolysis) is 1. The molecule has 0 spiro atoms. The molecule has 2 fully saturated rings. The summed E-state index contributed by atoms with van der Waals surface area (Å²) < 4.78 is 11.2. The molecule has 3 unspecified atom stereocenters. The number of fused-ring (bicyclic) bond motifs is 3. The van der Waals surface area contributed by atoms with Crippen molar-refractivity contribution in [2.45, 2.75) is 43.7 Å². The van der Waals surface area contributed by atoms with Gasteiger partial charge in [0.05, 0.1) is 6.61 Å². The number of carboxylic acids is 1. The molecule has 184 valence electrons. The van der Waals surface area contributed by atoms with Gasteiger partial charge in [-0.3, -0.25) is 4.79 Å². The number of piperidine rings is 1. The standard InChI is InChI=1S/C27H30N2O6/c1-17-10-11-23(24(30)31)29(14-17)25(32)27(12-13-34-16-27)28-26(33)35-15-22-20-8-4-2-6-18(20)19-7-3-5-9-21(19)22/h2-9,17,22-23H,10-16H2,1H3,(H,28,33)(H,30,31). The maximum atomic E-state index is 13.6. The highest BCUT2D eigenvalue weighted by Gasteiger charge is 2.50. The number of hydrogen-bond donors (Lipinski definition) is 2. The lowest BCUT2D eigenvalue weighted by Gasteiger charge is -2.41. The van der Waals surface area contributed by atoms with Crippen LogP contribution in [0.5, 0.6) is 0 Å². The second-order valence-electron chi connectivity index (χ2n) is 9.83. The first-order chi connectivity index (χ1) is 16.9. The number of aliphatic carboxylic acids is 1. The van der Waals surface area contributed by atoms with Crippen LogP contribution >= 0.6 is 0 Å². The molecular weight excluding hydrogens is 448 g/mol. The van der Waals surface area contributed by atoms with Gasteiger partial charge in [-0.25, -0.2) is 9.59 Å². The number of rotatable bonds is 5. The van der Waals surface area contributed by atoms with E-state index in [0.717, 1.165) is 28.7 Å². The Morgan fingerprint density at radius 1 is 1.09 bits per heavy atom. The third-order valence-electron chi connectivity index (χ3n) is 7.48. The highest BCUT2D eigenvalue weighted by molar-refractivity contribution is 5.93. The maximum absolute atomic E-state index is 13.6. The SMILES string of the molecule is CC1CCC(C(=O)O)N(C(=O)C2(NC(=O)OCC3c4ccccc4-c4ccccc43)CCOC2)C1. The molecule has 3 atom stereocenters. The van der Waals surface area contributed by atoms with Crippen LogP contribution in [0.4, 0.5) is 4.79 Å². The minimum atomic E-state index is -1.33. The molecule has 5 rings (SSSR count). The molecule has 2 heterocycles. The van der Waals surface area contributed by atoms with Crippen LogP contribution in [0, 0.1) is 5.92 Å². The van der Waals surface area contributed by atoms with E-state index >= 15 is 0 Å². The zero-order valence-electron chi connectivity index (χ0n) is 19.7. The molecule has 2 aromatic rings. The summed E-state index contributed by atoms with van der Waals surface area (Å²) in [6.45, 7) is 2.76. The molecule has 0 saturated carbocycles. The van der Waals surface area contributed by atoms with Gasteiger partial charge < -0.3 is 24.8 Å². The molecule has 8 nitrogen and oxygen atoms in total. The first-order valence-corrected chi connectivity index (χ1v) is 12.1. The van der Waals surface area contributed by atoms with Crippen molar-refractivity contribution in [3.05, 3.63) is 59.7 Å². The molecule has 2 saturated heterocycles. The molecule has 2 N–H and O–H groups in total. The average molecular weight is 479 g/mol. The molecule has 2 aromatic carbocycles. The van der Waals surface area contributed by atoms with Gasteiger partial charge in [-0.1, -0.05) is 55.5 Å². The van der Waals surface area contributed by atoms with Gasteiger partial charge in [-0.2, -0.15) is 0 Å². The van der Waals surface area contributed by atoms with Gasteiger partial charge in [-0.05, 0) is 41.0 Å². The molecule has 3 aliphatic rings. The van der Waals surface area contributed by atoms with Gasteiger partial charge in [0.1, 0.15) is 18.2 Å². The second-order valence-corrected chi connectivity index (χ2v) is 9.83. The summed E-state index contributed by atoms with van der Waals surface area (Å²) in [7, 11) is 0. The first kappa shape index (κ1) is 23.4. The van der Waals surface area contributed by atoms with Crippen molar-refractivity contribution in [2.75, 3.05) is 26.4 Å². The quantitative estimate of drug-likeness (QED) is 0.683. The second kappa shape index (κ2) is 9.34. The van der Waals surface area contributed by atoms with Crippen LogP contribution in [-0.2, 0) is 19.1 Å². The summed E-state index contributed by atoms with van der Waals surface area (Å²) in [6, 6.07) is 15.2. The predicted octanol–water partition coefficient (Wildman–Crippen LogP) is 3.40. The molecule has 2 amide bonds. The van der Waals surface area contributed by atoms with E-state index < -0.39 is 29.6 Å². The van der Waals surface area contributed by atoms with Gasteiger partial charge in [0.2, 0.25) is 0 Å². The molecule has 0 aromatic heterocycles. The number of nitrogens with zero attached hydrogens (tertiary/aromatic N) is 1. The van der Waals surface area contributed by atoms with Crippen LogP contribution in [0.15, 0.2) is 48.5 Å². The van der Waals surface area contributed by atoms with Crippen LogP contribution in [0.25, 0.3) is 11.1 Å². The summed E-state index contributed by atoms with van der Waals surface area (Å²) in [5, 5.41) is 12.4. The van der Waals surface area contributed by atoms with Crippen molar-refractivity contribution in [2.24, 2.45) is 5.92 Å². The van der Waals surface area contributed by atoms with Crippen molar-refractivity contribution < 1.29 is 29.0 Å². The largest absolute Gasteiger partial charge is 0.480 e. The van der Waals surface area contributed by atoms with Crippen LogP contribution in [-0.4, -0.2) is 65.9 Å². The smallest absolute Gasteiger partial charge is 0.408 e. The predicted molar refractivity (Wildman–Crippen MR) is 128 cm³/mol. The molecule has 35 heavy (non-hydrogen) atoms. The van der Waals surface area contributed by atoms with Gasteiger partial charge in [0.25, 0.3) is 5.91 Å². The van der Waals surface area contributed by atoms with E-state index in [9.17, 15) is 19.5 Å². The third kappa shape index (κ3) is 4.27. The Morgan fingerprint density at radius 3 is 2.34 bits per heavy atom. The molecule has 0 bridgehead atoms. The molecule has 8 heteroatoms. The van der Waals surface area contributed by atoms with Crippen molar-refractivity contribution >= 4 is 18.0 Å². The van der Waals surface area contributed by atoms with Crippen LogP contribution in [0.1, 0.15) is 43.2 Å². The Kier molecular flexibility index (Phi) is 6.23. The summed E-state index contributed by atoms with van der Waals surface area (Å²) in [6.07, 6.45) is 0.698. The highest BCUT2D eigenvalue weighted by atomic mass is 16.6. The van der Waals surface area contributed by atoms with Crippen molar-refractivity contribution in [3.8, 4) is 11.1 Å². The van der Waals surface area contributed by atoms with E-state index in [2.05, 4.69) is 17.4 Å². The monoisotopic (exact) mass is 478 g/mol. The van der Waals surface area contributed by atoms with E-state index in [1.54, 1.807) is 0 Å². The Morgan fingerprint density at radius 2 is 1.74 bits per heavy atom. The van der Waals surface area contributed by atoms with Gasteiger partial charge in [-0.15, -0.1) is 0 Å². The lowest BCUT2D eigenvalue weighted by atomic mass is 9.89. The number of carbonyl (C=O) groups is 3. The zero-order chi connectivity index (χ0) is 24.6. The van der Waals surface area contributed by atoms with Crippen LogP contribution < -0.4 is 5.32 Å². The number of carboxylic acid groups (broad SMARTS) is 1. The van der Waals surface area contributed by atoms with Crippen molar-refractivity contribution in [3.63, 3.8) is 0 Å². The van der Waals surface area contributed by atoms with Crippen molar-refractivity contribution in [1.82, 2.24) is 10.2 Å². The molecule has 0 radical (unpaired) electrons. The van der Waals surface area contributed by atoms with Gasteiger partial charge in [0.15, 0.2) is 0 Å². The highest BCUT2D eigenvalue weighted by Crippen LogP contribution is 2.44. The number of likely N-dealkylation sites (tertiary alicyclic amines) is 1. The Hall–Kier alpha value is -3.39. The fourth-order valence-electron chi connectivity index (χ4n) is 5.62. The molecule has 2 aliphatic heterocycles. The minimum Gasteiger partial charge on any atom is -0.480 e. The number of nitrogens with one attached hydrogen (secondary N) is 1. The van der Waals surface area contributed by atoms with Crippen molar-refractivity contribution in [1.29, 1.82) is 0 Å². The zero-order valence-corrected chi connectivity index (χ0v) is 19.7. The Balaban J connectivity index is 1.31. The first-order valence-electron chi connectivity index (χ1n) is 12.1.